The van der Waals surface area contributed by atoms with E-state index in [1.807, 2.05) is 29.2 Å². The minimum absolute atomic E-state index is 0.0156. The molecular weight excluding hydrogens is 394 g/mol. The largest absolute Gasteiger partial charge is 0.457 e. The SMILES string of the molecule is O=C1c2ccccc2N[C@H](c2ccc(-c3ccc([N+](=O)[O-])cc3Cl)o2)N1C1CC1. The number of nitro benzene ring substituents is 1. The number of fused-ring (bicyclic) bond motifs is 1. The number of hydrogen-bond acceptors (Lipinski definition) is 5. The van der Waals surface area contributed by atoms with Gasteiger partial charge in [-0.3, -0.25) is 14.9 Å². The molecule has 2 heterocycles. The van der Waals surface area contributed by atoms with Crippen LogP contribution in [0.15, 0.2) is 59.0 Å². The van der Waals surface area contributed by atoms with E-state index in [1.54, 1.807) is 18.2 Å². The van der Waals surface area contributed by atoms with Crippen molar-refractivity contribution >= 4 is 28.9 Å². The molecule has 0 unspecified atom stereocenters. The van der Waals surface area contributed by atoms with E-state index in [4.69, 9.17) is 16.0 Å². The summed E-state index contributed by atoms with van der Waals surface area (Å²) in [4.78, 5) is 25.3. The number of carbonyl (C=O) groups is 1. The van der Waals surface area contributed by atoms with E-state index >= 15 is 0 Å². The summed E-state index contributed by atoms with van der Waals surface area (Å²) in [6.45, 7) is 0. The number of hydrogen-bond donors (Lipinski definition) is 1. The van der Waals surface area contributed by atoms with E-state index in [1.165, 1.54) is 12.1 Å². The zero-order chi connectivity index (χ0) is 20.1. The van der Waals surface area contributed by atoms with Crippen molar-refractivity contribution in [1.82, 2.24) is 4.90 Å². The Hall–Kier alpha value is -3.32. The Morgan fingerprint density at radius 3 is 2.62 bits per heavy atom. The Balaban J connectivity index is 1.51. The van der Waals surface area contributed by atoms with Crippen molar-refractivity contribution in [2.75, 3.05) is 5.32 Å². The molecule has 1 aliphatic heterocycles. The van der Waals surface area contributed by atoms with Gasteiger partial charge in [0.1, 0.15) is 11.5 Å². The van der Waals surface area contributed by atoms with Gasteiger partial charge in [-0.2, -0.15) is 0 Å². The average molecular weight is 410 g/mol. The number of nitro groups is 1. The quantitative estimate of drug-likeness (QED) is 0.470. The van der Waals surface area contributed by atoms with Crippen LogP contribution in [0.25, 0.3) is 11.3 Å². The predicted molar refractivity (Wildman–Crippen MR) is 108 cm³/mol. The lowest BCUT2D eigenvalue weighted by molar-refractivity contribution is -0.384. The highest BCUT2D eigenvalue weighted by atomic mass is 35.5. The second-order valence-corrected chi connectivity index (χ2v) is 7.57. The lowest BCUT2D eigenvalue weighted by Gasteiger charge is -2.37. The van der Waals surface area contributed by atoms with E-state index in [9.17, 15) is 14.9 Å². The average Bonchev–Trinajstić information content (AvgIpc) is 3.43. The normalized spacial score (nSPS) is 18.3. The number of carbonyl (C=O) groups excluding carboxylic acids is 1. The molecule has 1 atom stereocenters. The van der Waals surface area contributed by atoms with Crippen molar-refractivity contribution in [3.8, 4) is 11.3 Å². The zero-order valence-corrected chi connectivity index (χ0v) is 15.9. The van der Waals surface area contributed by atoms with Crippen LogP contribution in [0.2, 0.25) is 5.02 Å². The van der Waals surface area contributed by atoms with E-state index in [0.717, 1.165) is 18.5 Å². The van der Waals surface area contributed by atoms with Gasteiger partial charge in [0.15, 0.2) is 6.17 Å². The molecule has 29 heavy (non-hydrogen) atoms. The van der Waals surface area contributed by atoms with Crippen molar-refractivity contribution in [2.24, 2.45) is 0 Å². The highest BCUT2D eigenvalue weighted by Gasteiger charge is 2.43. The van der Waals surface area contributed by atoms with E-state index in [-0.39, 0.29) is 22.7 Å². The second-order valence-electron chi connectivity index (χ2n) is 7.16. The minimum Gasteiger partial charge on any atom is -0.457 e. The van der Waals surface area contributed by atoms with Crippen LogP contribution in [0.1, 0.15) is 35.1 Å². The van der Waals surface area contributed by atoms with Crippen LogP contribution in [0.4, 0.5) is 11.4 Å². The molecule has 1 saturated carbocycles. The summed E-state index contributed by atoms with van der Waals surface area (Å²) in [6.07, 6.45) is 1.51. The summed E-state index contributed by atoms with van der Waals surface area (Å²) < 4.78 is 6.05. The van der Waals surface area contributed by atoms with Crippen LogP contribution in [0, 0.1) is 10.1 Å². The molecule has 8 heteroatoms. The number of halogens is 1. The summed E-state index contributed by atoms with van der Waals surface area (Å²) in [5.41, 5.74) is 1.90. The topological polar surface area (TPSA) is 88.6 Å². The van der Waals surface area contributed by atoms with Crippen LogP contribution in [-0.2, 0) is 0 Å². The number of nitrogens with one attached hydrogen (secondary N) is 1. The van der Waals surface area contributed by atoms with Crippen LogP contribution in [0.5, 0.6) is 0 Å². The van der Waals surface area contributed by atoms with Crippen LogP contribution in [0.3, 0.4) is 0 Å². The zero-order valence-electron chi connectivity index (χ0n) is 15.2. The Kier molecular flexibility index (Phi) is 4.06. The maximum atomic E-state index is 13.1. The smallest absolute Gasteiger partial charge is 0.270 e. The van der Waals surface area contributed by atoms with Crippen molar-refractivity contribution < 1.29 is 14.1 Å². The molecule has 0 spiro atoms. The van der Waals surface area contributed by atoms with Crippen molar-refractivity contribution in [3.05, 3.63) is 81.1 Å². The third kappa shape index (κ3) is 3.03. The van der Waals surface area contributed by atoms with Gasteiger partial charge in [-0.1, -0.05) is 23.7 Å². The molecule has 2 aromatic carbocycles. The first-order valence-electron chi connectivity index (χ1n) is 9.25. The van der Waals surface area contributed by atoms with Gasteiger partial charge in [0, 0.05) is 29.4 Å². The Labute approximate surface area is 171 Å². The summed E-state index contributed by atoms with van der Waals surface area (Å²) >= 11 is 6.24. The van der Waals surface area contributed by atoms with Crippen LogP contribution >= 0.6 is 11.6 Å². The minimum atomic E-state index is -0.494. The Morgan fingerprint density at radius 2 is 1.90 bits per heavy atom. The van der Waals surface area contributed by atoms with Gasteiger partial charge in [-0.15, -0.1) is 0 Å². The van der Waals surface area contributed by atoms with Gasteiger partial charge in [-0.25, -0.2) is 0 Å². The molecule has 0 radical (unpaired) electrons. The lowest BCUT2D eigenvalue weighted by Crippen LogP contribution is -2.44. The molecule has 1 N–H and O–H groups in total. The molecule has 1 aromatic heterocycles. The molecule has 7 nitrogen and oxygen atoms in total. The fourth-order valence-corrected chi connectivity index (χ4v) is 3.94. The van der Waals surface area contributed by atoms with Crippen molar-refractivity contribution in [2.45, 2.75) is 25.0 Å². The molecule has 2 aliphatic rings. The second kappa shape index (κ2) is 6.63. The number of amides is 1. The predicted octanol–water partition coefficient (Wildman–Crippen LogP) is 5.24. The van der Waals surface area contributed by atoms with Gasteiger partial charge in [0.2, 0.25) is 0 Å². The number of nitrogens with zero attached hydrogens (tertiary/aromatic N) is 2. The Morgan fingerprint density at radius 1 is 1.10 bits per heavy atom. The third-order valence-electron chi connectivity index (χ3n) is 5.23. The first-order chi connectivity index (χ1) is 14.0. The van der Waals surface area contributed by atoms with Gasteiger partial charge in [0.05, 0.1) is 15.5 Å². The van der Waals surface area contributed by atoms with Gasteiger partial charge in [0.25, 0.3) is 11.6 Å². The van der Waals surface area contributed by atoms with Crippen molar-refractivity contribution in [1.29, 1.82) is 0 Å². The van der Waals surface area contributed by atoms with E-state index in [0.29, 0.717) is 22.6 Å². The highest BCUT2D eigenvalue weighted by Crippen LogP contribution is 2.42. The number of para-hydroxylation sites is 1. The molecule has 3 aromatic rings. The number of furan rings is 1. The number of rotatable bonds is 4. The van der Waals surface area contributed by atoms with Crippen molar-refractivity contribution in [3.63, 3.8) is 0 Å². The monoisotopic (exact) mass is 409 g/mol. The van der Waals surface area contributed by atoms with E-state index in [2.05, 4.69) is 5.32 Å². The molecule has 0 saturated heterocycles. The maximum Gasteiger partial charge on any atom is 0.270 e. The molecule has 146 valence electrons. The van der Waals surface area contributed by atoms with Gasteiger partial charge >= 0.3 is 0 Å². The fourth-order valence-electron chi connectivity index (χ4n) is 3.67. The third-order valence-corrected chi connectivity index (χ3v) is 5.54. The molecule has 0 bridgehead atoms. The number of anilines is 1. The standard InChI is InChI=1S/C21H16ClN3O4/c22-16-11-13(25(27)28)7-8-14(16)18-9-10-19(29-18)20-23-17-4-2-1-3-15(17)21(26)24(20)12-5-6-12/h1-4,7-12,20,23H,5-6H2/t20-/m0/s1. The molecule has 1 amide bonds. The first kappa shape index (κ1) is 17.8. The molecular formula is C21H16ClN3O4. The van der Waals surface area contributed by atoms with E-state index < -0.39 is 11.1 Å². The van der Waals surface area contributed by atoms with Crippen LogP contribution in [-0.4, -0.2) is 21.8 Å². The Bertz CT molecular complexity index is 1140. The first-order valence-corrected chi connectivity index (χ1v) is 9.63. The lowest BCUT2D eigenvalue weighted by atomic mass is 10.1. The van der Waals surface area contributed by atoms with Crippen LogP contribution < -0.4 is 5.32 Å². The van der Waals surface area contributed by atoms with Gasteiger partial charge in [-0.05, 0) is 43.2 Å². The molecule has 1 fully saturated rings. The fraction of sp³-hybridized carbons (Fsp3) is 0.190. The molecule has 1 aliphatic carbocycles. The highest BCUT2D eigenvalue weighted by molar-refractivity contribution is 6.33. The summed E-state index contributed by atoms with van der Waals surface area (Å²) in [5, 5.41) is 14.6. The summed E-state index contributed by atoms with van der Waals surface area (Å²) in [5.74, 6) is 1.06. The summed E-state index contributed by atoms with van der Waals surface area (Å²) in [7, 11) is 0. The number of non-ortho nitro benzene ring substituents is 1. The molecule has 5 rings (SSSR count). The number of benzene rings is 2. The summed E-state index contributed by atoms with van der Waals surface area (Å²) in [6, 6.07) is 15.4. The van der Waals surface area contributed by atoms with Gasteiger partial charge < -0.3 is 14.6 Å². The maximum absolute atomic E-state index is 13.1.